The van der Waals surface area contributed by atoms with Crippen LogP contribution in [0.25, 0.3) is 28.7 Å². The number of rotatable bonds is 6. The molecule has 30 heavy (non-hydrogen) atoms. The van der Waals surface area contributed by atoms with Crippen molar-refractivity contribution in [2.45, 2.75) is 4.90 Å². The van der Waals surface area contributed by atoms with Gasteiger partial charge in [0.15, 0.2) is 17.2 Å². The standard InChI is InChI=1S/C21H18N4O4S/c1-27-17-9-5-8-15(19(17)28-2)20-22-21(29-24-20)18-16(26)10-11-25(23-18)13-6-4-7-14(12-13)30-3/h4-12H,1-3H3. The number of hydrogen-bond acceptors (Lipinski definition) is 8. The van der Waals surface area contributed by atoms with Gasteiger partial charge in [-0.25, -0.2) is 4.68 Å². The van der Waals surface area contributed by atoms with Crippen molar-refractivity contribution in [1.82, 2.24) is 19.9 Å². The number of methoxy groups -OCH3 is 2. The van der Waals surface area contributed by atoms with Gasteiger partial charge in [0.2, 0.25) is 11.3 Å². The Morgan fingerprint density at radius 2 is 1.90 bits per heavy atom. The summed E-state index contributed by atoms with van der Waals surface area (Å²) in [6, 6.07) is 14.6. The van der Waals surface area contributed by atoms with Crippen LogP contribution in [0.15, 0.2) is 68.9 Å². The van der Waals surface area contributed by atoms with E-state index < -0.39 is 0 Å². The summed E-state index contributed by atoms with van der Waals surface area (Å²) in [5.41, 5.74) is 1.14. The molecule has 0 bridgehead atoms. The highest BCUT2D eigenvalue weighted by Gasteiger charge is 2.20. The Morgan fingerprint density at radius 1 is 1.07 bits per heavy atom. The zero-order valence-corrected chi connectivity index (χ0v) is 17.3. The number of hydrogen-bond donors (Lipinski definition) is 0. The van der Waals surface area contributed by atoms with Gasteiger partial charge in [-0.1, -0.05) is 17.3 Å². The average Bonchev–Trinajstić information content (AvgIpc) is 3.28. The van der Waals surface area contributed by atoms with Gasteiger partial charge in [0, 0.05) is 17.2 Å². The molecule has 9 heteroatoms. The molecule has 4 rings (SSSR count). The first-order valence-corrected chi connectivity index (χ1v) is 10.2. The monoisotopic (exact) mass is 422 g/mol. The molecule has 0 saturated heterocycles. The second-order valence-electron chi connectivity index (χ2n) is 6.14. The first-order valence-electron chi connectivity index (χ1n) is 8.94. The van der Waals surface area contributed by atoms with Crippen molar-refractivity contribution in [2.75, 3.05) is 20.5 Å². The second-order valence-corrected chi connectivity index (χ2v) is 7.02. The summed E-state index contributed by atoms with van der Waals surface area (Å²) < 4.78 is 17.7. The fraction of sp³-hybridized carbons (Fsp3) is 0.143. The van der Waals surface area contributed by atoms with E-state index in [2.05, 4.69) is 15.2 Å². The van der Waals surface area contributed by atoms with Gasteiger partial charge in [-0.2, -0.15) is 10.1 Å². The molecule has 0 aliphatic rings. The lowest BCUT2D eigenvalue weighted by Gasteiger charge is -2.09. The number of aromatic nitrogens is 4. The molecule has 0 N–H and O–H groups in total. The molecular weight excluding hydrogens is 404 g/mol. The number of ether oxygens (including phenoxy) is 2. The quantitative estimate of drug-likeness (QED) is 0.435. The number of benzene rings is 2. The molecule has 0 fully saturated rings. The van der Waals surface area contributed by atoms with Crippen LogP contribution in [0.2, 0.25) is 0 Å². The van der Waals surface area contributed by atoms with Crippen LogP contribution in [0.1, 0.15) is 0 Å². The summed E-state index contributed by atoms with van der Waals surface area (Å²) in [4.78, 5) is 17.9. The van der Waals surface area contributed by atoms with E-state index in [9.17, 15) is 4.79 Å². The van der Waals surface area contributed by atoms with E-state index in [1.54, 1.807) is 47.9 Å². The normalized spacial score (nSPS) is 10.8. The van der Waals surface area contributed by atoms with Crippen molar-refractivity contribution in [3.63, 3.8) is 0 Å². The molecule has 0 aliphatic carbocycles. The SMILES string of the molecule is COc1cccc(-c2noc(-c3nn(-c4cccc(SC)c4)ccc3=O)n2)c1OC. The van der Waals surface area contributed by atoms with E-state index in [4.69, 9.17) is 14.0 Å². The van der Waals surface area contributed by atoms with Crippen molar-refractivity contribution < 1.29 is 14.0 Å². The van der Waals surface area contributed by atoms with Gasteiger partial charge < -0.3 is 14.0 Å². The number of thioether (sulfide) groups is 1. The highest BCUT2D eigenvalue weighted by Crippen LogP contribution is 2.36. The Balaban J connectivity index is 1.76. The Hall–Kier alpha value is -3.59. The van der Waals surface area contributed by atoms with E-state index in [1.807, 2.05) is 30.5 Å². The van der Waals surface area contributed by atoms with Gasteiger partial charge in [0.05, 0.1) is 25.5 Å². The van der Waals surface area contributed by atoms with Gasteiger partial charge in [-0.05, 0) is 36.6 Å². The Kier molecular flexibility index (Phi) is 5.53. The van der Waals surface area contributed by atoms with Gasteiger partial charge >= 0.3 is 0 Å². The lowest BCUT2D eigenvalue weighted by atomic mass is 10.1. The molecule has 0 unspecified atom stereocenters. The van der Waals surface area contributed by atoms with Gasteiger partial charge in [-0.3, -0.25) is 4.79 Å². The number of para-hydroxylation sites is 1. The molecule has 152 valence electrons. The van der Waals surface area contributed by atoms with Crippen molar-refractivity contribution in [3.05, 3.63) is 65.0 Å². The third-order valence-electron chi connectivity index (χ3n) is 4.40. The Bertz CT molecular complexity index is 1250. The minimum Gasteiger partial charge on any atom is -0.493 e. The van der Waals surface area contributed by atoms with Crippen molar-refractivity contribution in [3.8, 4) is 40.2 Å². The number of nitrogens with zero attached hydrogens (tertiary/aromatic N) is 4. The summed E-state index contributed by atoms with van der Waals surface area (Å²) in [6.07, 6.45) is 3.60. The maximum absolute atomic E-state index is 12.4. The van der Waals surface area contributed by atoms with Crippen molar-refractivity contribution in [1.29, 1.82) is 0 Å². The summed E-state index contributed by atoms with van der Waals surface area (Å²) in [5, 5.41) is 8.42. The predicted molar refractivity (Wildman–Crippen MR) is 113 cm³/mol. The van der Waals surface area contributed by atoms with E-state index in [0.717, 1.165) is 10.6 Å². The zero-order chi connectivity index (χ0) is 21.1. The van der Waals surface area contributed by atoms with Gasteiger partial charge in [0.1, 0.15) is 0 Å². The maximum Gasteiger partial charge on any atom is 0.282 e. The molecule has 0 spiro atoms. The summed E-state index contributed by atoms with van der Waals surface area (Å²) in [5.74, 6) is 1.30. The molecule has 0 amide bonds. The third-order valence-corrected chi connectivity index (χ3v) is 5.12. The van der Waals surface area contributed by atoms with Crippen LogP contribution in [0.4, 0.5) is 0 Å². The van der Waals surface area contributed by atoms with E-state index in [1.165, 1.54) is 13.2 Å². The van der Waals surface area contributed by atoms with Crippen LogP contribution in [-0.4, -0.2) is 40.4 Å². The minimum atomic E-state index is -0.319. The maximum atomic E-state index is 12.4. The Labute approximate surface area is 176 Å². The van der Waals surface area contributed by atoms with Gasteiger partial charge in [-0.15, -0.1) is 11.8 Å². The third kappa shape index (κ3) is 3.67. The van der Waals surface area contributed by atoms with Crippen LogP contribution in [0.3, 0.4) is 0 Å². The highest BCUT2D eigenvalue weighted by molar-refractivity contribution is 7.98. The zero-order valence-electron chi connectivity index (χ0n) is 16.5. The van der Waals surface area contributed by atoms with Crippen LogP contribution < -0.4 is 14.9 Å². The molecule has 4 aromatic rings. The molecule has 2 aromatic heterocycles. The van der Waals surface area contributed by atoms with Crippen LogP contribution in [0, 0.1) is 0 Å². The van der Waals surface area contributed by atoms with Crippen LogP contribution in [0.5, 0.6) is 11.5 Å². The molecule has 2 heterocycles. The van der Waals surface area contributed by atoms with Gasteiger partial charge in [0.25, 0.3) is 5.89 Å². The van der Waals surface area contributed by atoms with E-state index in [0.29, 0.717) is 17.1 Å². The fourth-order valence-electron chi connectivity index (χ4n) is 2.94. The molecule has 0 aliphatic heterocycles. The molecule has 0 radical (unpaired) electrons. The van der Waals surface area contributed by atoms with E-state index >= 15 is 0 Å². The smallest absolute Gasteiger partial charge is 0.282 e. The summed E-state index contributed by atoms with van der Waals surface area (Å²) >= 11 is 1.62. The molecule has 8 nitrogen and oxygen atoms in total. The first-order chi connectivity index (χ1) is 14.6. The molecular formula is C21H18N4O4S. The topological polar surface area (TPSA) is 92.3 Å². The van der Waals surface area contributed by atoms with Crippen molar-refractivity contribution in [2.24, 2.45) is 0 Å². The molecule has 0 atom stereocenters. The first kappa shape index (κ1) is 19.7. The average molecular weight is 422 g/mol. The van der Waals surface area contributed by atoms with E-state index in [-0.39, 0.29) is 22.8 Å². The summed E-state index contributed by atoms with van der Waals surface area (Å²) in [6.45, 7) is 0. The fourth-order valence-corrected chi connectivity index (χ4v) is 3.40. The lowest BCUT2D eigenvalue weighted by Crippen LogP contribution is -2.12. The largest absolute Gasteiger partial charge is 0.493 e. The van der Waals surface area contributed by atoms with Crippen LogP contribution in [-0.2, 0) is 0 Å². The summed E-state index contributed by atoms with van der Waals surface area (Å²) in [7, 11) is 3.08. The molecule has 2 aromatic carbocycles. The predicted octanol–water partition coefficient (Wildman–Crippen LogP) is 3.69. The minimum absolute atomic E-state index is 0.0234. The highest BCUT2D eigenvalue weighted by atomic mass is 32.2. The van der Waals surface area contributed by atoms with Crippen LogP contribution >= 0.6 is 11.8 Å². The second kappa shape index (κ2) is 8.42. The van der Waals surface area contributed by atoms with Crippen molar-refractivity contribution >= 4 is 11.8 Å². The molecule has 0 saturated carbocycles. The lowest BCUT2D eigenvalue weighted by molar-refractivity contribution is 0.355. The Morgan fingerprint density at radius 3 is 2.67 bits per heavy atom.